The topological polar surface area (TPSA) is 72.4 Å². The van der Waals surface area contributed by atoms with Gasteiger partial charge in [-0.25, -0.2) is 8.42 Å². The van der Waals surface area contributed by atoms with Gasteiger partial charge in [-0.05, 0) is 60.1 Å². The van der Waals surface area contributed by atoms with E-state index in [0.29, 0.717) is 35.2 Å². The minimum Gasteiger partial charge on any atom is -0.495 e. The molecule has 2 aromatic carbocycles. The smallest absolute Gasteiger partial charge is 0.406 e. The number of ether oxygens (including phenoxy) is 1. The Labute approximate surface area is 227 Å². The molecular weight excluding hydrogens is 527 g/mol. The fourth-order valence-electron chi connectivity index (χ4n) is 4.70. The number of nitrogens with zero attached hydrogens (tertiary/aromatic N) is 1. The van der Waals surface area contributed by atoms with Gasteiger partial charge in [0.05, 0.1) is 42.1 Å². The Kier molecular flexibility index (Phi) is 8.12. The molecule has 0 bridgehead atoms. The quantitative estimate of drug-likeness (QED) is 0.363. The number of anilines is 2. The van der Waals surface area contributed by atoms with Crippen molar-refractivity contribution in [3.8, 4) is 17.6 Å². The fourth-order valence-corrected chi connectivity index (χ4v) is 6.20. The number of benzene rings is 2. The minimum absolute atomic E-state index is 0.0649. The number of aromatic nitrogens is 1. The van der Waals surface area contributed by atoms with Gasteiger partial charge in [0.15, 0.2) is 0 Å². The Hall–Kier alpha value is -3.32. The summed E-state index contributed by atoms with van der Waals surface area (Å²) in [5.74, 6) is 6.74. The van der Waals surface area contributed by atoms with Gasteiger partial charge in [0.1, 0.15) is 22.1 Å². The van der Waals surface area contributed by atoms with Crippen LogP contribution in [0, 0.1) is 11.8 Å². The van der Waals surface area contributed by atoms with Crippen LogP contribution in [0.1, 0.15) is 44.9 Å². The van der Waals surface area contributed by atoms with Crippen LogP contribution in [0.15, 0.2) is 42.5 Å². The van der Waals surface area contributed by atoms with Gasteiger partial charge in [0.2, 0.25) is 0 Å². The molecule has 0 spiro atoms. The highest BCUT2D eigenvalue weighted by atomic mass is 32.2. The molecule has 6 nitrogen and oxygen atoms in total. The summed E-state index contributed by atoms with van der Waals surface area (Å²) >= 11 is 0. The number of halogens is 3. The van der Waals surface area contributed by atoms with E-state index in [4.69, 9.17) is 4.74 Å². The van der Waals surface area contributed by atoms with Crippen molar-refractivity contribution in [3.05, 3.63) is 53.7 Å². The number of hydrogen-bond acceptors (Lipinski definition) is 5. The summed E-state index contributed by atoms with van der Waals surface area (Å²) in [6.07, 6.45) is -3.51. The van der Waals surface area contributed by atoms with Crippen molar-refractivity contribution in [2.75, 3.05) is 35.8 Å². The summed E-state index contributed by atoms with van der Waals surface area (Å²) in [6.45, 7) is 5.37. The second-order valence-corrected chi connectivity index (χ2v) is 13.2. The summed E-state index contributed by atoms with van der Waals surface area (Å²) < 4.78 is 70.8. The first-order valence-electron chi connectivity index (χ1n) is 12.8. The van der Waals surface area contributed by atoms with Crippen molar-refractivity contribution in [1.29, 1.82) is 0 Å². The van der Waals surface area contributed by atoms with Crippen molar-refractivity contribution >= 4 is 32.1 Å². The lowest BCUT2D eigenvalue weighted by Crippen LogP contribution is -2.32. The predicted octanol–water partition coefficient (Wildman–Crippen LogP) is 5.96. The highest BCUT2D eigenvalue weighted by molar-refractivity contribution is 7.91. The predicted molar refractivity (Wildman–Crippen MR) is 150 cm³/mol. The molecule has 0 amide bonds. The Morgan fingerprint density at radius 1 is 1.05 bits per heavy atom. The van der Waals surface area contributed by atoms with Crippen LogP contribution < -0.4 is 15.4 Å². The Morgan fingerprint density at radius 3 is 2.41 bits per heavy atom. The third kappa shape index (κ3) is 7.21. The Morgan fingerprint density at radius 2 is 1.77 bits per heavy atom. The van der Waals surface area contributed by atoms with Crippen LogP contribution in [0.25, 0.3) is 10.9 Å². The molecule has 0 unspecified atom stereocenters. The van der Waals surface area contributed by atoms with Gasteiger partial charge >= 0.3 is 6.18 Å². The van der Waals surface area contributed by atoms with E-state index >= 15 is 0 Å². The molecule has 2 heterocycles. The molecule has 1 aliphatic heterocycles. The first-order valence-corrected chi connectivity index (χ1v) is 14.7. The van der Waals surface area contributed by atoms with Gasteiger partial charge in [-0.1, -0.05) is 38.8 Å². The van der Waals surface area contributed by atoms with E-state index in [1.165, 1.54) is 4.57 Å². The maximum atomic E-state index is 13.5. The third-order valence-corrected chi connectivity index (χ3v) is 8.56. The lowest BCUT2D eigenvalue weighted by atomic mass is 9.87. The number of rotatable bonds is 6. The largest absolute Gasteiger partial charge is 0.495 e. The highest BCUT2D eigenvalue weighted by Gasteiger charge is 2.30. The van der Waals surface area contributed by atoms with Gasteiger partial charge in [-0.3, -0.25) is 0 Å². The number of sulfone groups is 1. The maximum Gasteiger partial charge on any atom is 0.406 e. The van der Waals surface area contributed by atoms with E-state index in [9.17, 15) is 21.6 Å². The molecule has 3 aromatic rings. The third-order valence-electron chi connectivity index (χ3n) is 6.85. The highest BCUT2D eigenvalue weighted by Crippen LogP contribution is 2.33. The lowest BCUT2D eigenvalue weighted by Gasteiger charge is -2.24. The molecule has 1 aliphatic rings. The monoisotopic (exact) mass is 561 g/mol. The summed E-state index contributed by atoms with van der Waals surface area (Å²) in [4.78, 5) is 0. The van der Waals surface area contributed by atoms with Gasteiger partial charge in [0.25, 0.3) is 0 Å². The zero-order valence-electron chi connectivity index (χ0n) is 22.6. The maximum absolute atomic E-state index is 13.5. The average molecular weight is 562 g/mol. The van der Waals surface area contributed by atoms with E-state index in [2.05, 4.69) is 43.2 Å². The molecule has 0 saturated carbocycles. The zero-order valence-corrected chi connectivity index (χ0v) is 23.4. The van der Waals surface area contributed by atoms with E-state index in [1.54, 1.807) is 31.4 Å². The second kappa shape index (κ2) is 11.0. The summed E-state index contributed by atoms with van der Waals surface area (Å²) in [6, 6.07) is 12.6. The molecule has 4 rings (SSSR count). The molecule has 39 heavy (non-hydrogen) atoms. The molecule has 1 aromatic heterocycles. The van der Waals surface area contributed by atoms with Crippen LogP contribution >= 0.6 is 0 Å². The normalized spacial score (nSPS) is 16.0. The molecule has 2 N–H and O–H groups in total. The molecule has 0 aliphatic carbocycles. The fraction of sp³-hybridized carbons (Fsp3) is 0.448. The average Bonchev–Trinajstić information content (AvgIpc) is 3.19. The summed E-state index contributed by atoms with van der Waals surface area (Å²) in [7, 11) is -1.44. The zero-order chi connectivity index (χ0) is 28.4. The van der Waals surface area contributed by atoms with Crippen molar-refractivity contribution < 1.29 is 26.3 Å². The number of fused-ring (bicyclic) bond motifs is 1. The molecule has 1 saturated heterocycles. The van der Waals surface area contributed by atoms with E-state index in [-0.39, 0.29) is 35.2 Å². The SMILES string of the molecule is COc1ccc(C(C)(C)C)cc1NCC#Cc1cc2c(NC3CCS(=O)(=O)CC3)cccc2n1CC(F)(F)F. The van der Waals surface area contributed by atoms with Crippen molar-refractivity contribution in [3.63, 3.8) is 0 Å². The van der Waals surface area contributed by atoms with Gasteiger partial charge in [-0.2, -0.15) is 13.2 Å². The Balaban J connectivity index is 1.61. The van der Waals surface area contributed by atoms with Crippen LogP contribution in [0.2, 0.25) is 0 Å². The number of methoxy groups -OCH3 is 1. The van der Waals surface area contributed by atoms with E-state index in [1.807, 2.05) is 18.2 Å². The van der Waals surface area contributed by atoms with Crippen LogP contribution in [0.4, 0.5) is 24.5 Å². The standard InChI is InChI=1S/C29H34F3N3O3S/c1-28(2,3)20-10-11-27(38-4)25(17-20)33-14-6-7-22-18-23-24(34-21-12-15-39(36,37)16-13-21)8-5-9-26(23)35(22)19-29(30,31)32/h5,8-11,17-18,21,33-34H,12-16,19H2,1-4H3. The van der Waals surface area contributed by atoms with Crippen molar-refractivity contribution in [1.82, 2.24) is 4.57 Å². The molecule has 0 atom stereocenters. The van der Waals surface area contributed by atoms with Crippen LogP contribution in [-0.4, -0.2) is 50.4 Å². The molecular formula is C29H34F3N3O3S. The number of hydrogen-bond donors (Lipinski definition) is 2. The molecule has 210 valence electrons. The van der Waals surface area contributed by atoms with E-state index in [0.717, 1.165) is 11.3 Å². The second-order valence-electron chi connectivity index (χ2n) is 10.9. The van der Waals surface area contributed by atoms with E-state index < -0.39 is 22.6 Å². The van der Waals surface area contributed by atoms with Gasteiger partial charge in [-0.15, -0.1) is 0 Å². The molecule has 1 fully saturated rings. The number of nitrogens with one attached hydrogen (secondary N) is 2. The lowest BCUT2D eigenvalue weighted by molar-refractivity contribution is -0.140. The summed E-state index contributed by atoms with van der Waals surface area (Å²) in [5.41, 5.74) is 3.14. The Bertz CT molecular complexity index is 1500. The van der Waals surface area contributed by atoms with Crippen molar-refractivity contribution in [2.45, 2.75) is 57.8 Å². The van der Waals surface area contributed by atoms with Gasteiger partial charge in [0, 0.05) is 17.1 Å². The van der Waals surface area contributed by atoms with Gasteiger partial charge < -0.3 is 19.9 Å². The van der Waals surface area contributed by atoms with Crippen LogP contribution in [-0.2, 0) is 21.8 Å². The molecule has 0 radical (unpaired) electrons. The van der Waals surface area contributed by atoms with Crippen LogP contribution in [0.3, 0.4) is 0 Å². The first kappa shape index (κ1) is 28.7. The molecule has 10 heteroatoms. The summed E-state index contributed by atoms with van der Waals surface area (Å²) in [5, 5.41) is 7.20. The van der Waals surface area contributed by atoms with Crippen molar-refractivity contribution in [2.24, 2.45) is 0 Å². The first-order chi connectivity index (χ1) is 18.3. The number of alkyl halides is 3. The van der Waals surface area contributed by atoms with Crippen LogP contribution in [0.5, 0.6) is 5.75 Å². The minimum atomic E-state index is -4.43.